The van der Waals surface area contributed by atoms with Crippen LogP contribution in [0.1, 0.15) is 57.2 Å². The zero-order valence-electron chi connectivity index (χ0n) is 13.6. The van der Waals surface area contributed by atoms with Crippen molar-refractivity contribution in [1.82, 2.24) is 20.3 Å². The van der Waals surface area contributed by atoms with Crippen LogP contribution >= 0.6 is 0 Å². The van der Waals surface area contributed by atoms with Crippen LogP contribution in [0.3, 0.4) is 0 Å². The molecule has 1 rings (SSSR count). The number of amides is 1. The maximum atomic E-state index is 12.0. The molecule has 7 nitrogen and oxygen atoms in total. The summed E-state index contributed by atoms with van der Waals surface area (Å²) < 4.78 is 6.65. The van der Waals surface area contributed by atoms with Gasteiger partial charge in [0.15, 0.2) is 5.69 Å². The van der Waals surface area contributed by atoms with Gasteiger partial charge >= 0.3 is 5.97 Å². The number of hydrogen-bond donors (Lipinski definition) is 1. The molecule has 1 aromatic rings. The molecule has 1 heterocycles. The van der Waals surface area contributed by atoms with Gasteiger partial charge in [-0.3, -0.25) is 4.79 Å². The zero-order chi connectivity index (χ0) is 16.2. The van der Waals surface area contributed by atoms with Crippen LogP contribution in [0.5, 0.6) is 0 Å². The van der Waals surface area contributed by atoms with E-state index in [0.29, 0.717) is 5.69 Å². The van der Waals surface area contributed by atoms with E-state index in [2.05, 4.69) is 15.6 Å². The minimum Gasteiger partial charge on any atom is -0.455 e. The van der Waals surface area contributed by atoms with Gasteiger partial charge in [-0.25, -0.2) is 9.48 Å². The lowest BCUT2D eigenvalue weighted by molar-refractivity contribution is -0.122. The molecular weight excluding hydrogens is 272 g/mol. The zero-order valence-corrected chi connectivity index (χ0v) is 13.6. The highest BCUT2D eigenvalue weighted by Crippen LogP contribution is 2.13. The van der Waals surface area contributed by atoms with E-state index in [1.807, 2.05) is 13.8 Å². The Balaban J connectivity index is 2.76. The number of rotatable bonds is 5. The predicted molar refractivity (Wildman–Crippen MR) is 77.8 cm³/mol. The van der Waals surface area contributed by atoms with E-state index in [-0.39, 0.29) is 24.2 Å². The first-order valence-electron chi connectivity index (χ1n) is 7.06. The van der Waals surface area contributed by atoms with Gasteiger partial charge in [0.2, 0.25) is 5.91 Å². The number of esters is 1. The normalized spacial score (nSPS) is 12.9. The minimum absolute atomic E-state index is 0.0337. The van der Waals surface area contributed by atoms with E-state index in [1.54, 1.807) is 27.7 Å². The standard InChI is InChI=1S/C14H24N4O3/c1-7-9(2)15-11(19)8-18-10(3)12(16-17-18)13(20)21-14(4,5)6/h9H,7-8H2,1-6H3,(H,15,19). The van der Waals surface area contributed by atoms with Crippen molar-refractivity contribution in [2.24, 2.45) is 0 Å². The molecule has 0 aliphatic carbocycles. The van der Waals surface area contributed by atoms with Gasteiger partial charge < -0.3 is 10.1 Å². The van der Waals surface area contributed by atoms with Crippen LogP contribution in [0.2, 0.25) is 0 Å². The van der Waals surface area contributed by atoms with Crippen molar-refractivity contribution in [2.75, 3.05) is 0 Å². The van der Waals surface area contributed by atoms with E-state index < -0.39 is 11.6 Å². The molecule has 0 radical (unpaired) electrons. The van der Waals surface area contributed by atoms with Crippen LogP contribution in [0.25, 0.3) is 0 Å². The third-order valence-corrected chi connectivity index (χ3v) is 2.89. The quantitative estimate of drug-likeness (QED) is 0.831. The van der Waals surface area contributed by atoms with Crippen LogP contribution in [0, 0.1) is 6.92 Å². The topological polar surface area (TPSA) is 86.1 Å². The summed E-state index contributed by atoms with van der Waals surface area (Å²) in [5, 5.41) is 10.5. The molecule has 1 unspecified atom stereocenters. The van der Waals surface area contributed by atoms with E-state index in [9.17, 15) is 9.59 Å². The van der Waals surface area contributed by atoms with Crippen molar-refractivity contribution in [3.8, 4) is 0 Å². The SMILES string of the molecule is CCC(C)NC(=O)Cn1nnc(C(=O)OC(C)(C)C)c1C. The molecule has 0 fully saturated rings. The third kappa shape index (κ3) is 5.17. The number of nitrogens with one attached hydrogen (secondary N) is 1. The molecule has 1 aromatic heterocycles. The summed E-state index contributed by atoms with van der Waals surface area (Å²) in [6, 6.07) is 0.103. The molecule has 0 bridgehead atoms. The van der Waals surface area contributed by atoms with E-state index in [4.69, 9.17) is 4.74 Å². The number of carbonyl (C=O) groups is 2. The lowest BCUT2D eigenvalue weighted by atomic mass is 10.2. The highest BCUT2D eigenvalue weighted by molar-refractivity contribution is 5.88. The van der Waals surface area contributed by atoms with Gasteiger partial charge in [-0.15, -0.1) is 5.10 Å². The third-order valence-electron chi connectivity index (χ3n) is 2.89. The van der Waals surface area contributed by atoms with Crippen molar-refractivity contribution >= 4 is 11.9 Å². The number of ether oxygens (including phenoxy) is 1. The van der Waals surface area contributed by atoms with Crippen LogP contribution in [0.15, 0.2) is 0 Å². The Morgan fingerprint density at radius 1 is 1.38 bits per heavy atom. The molecule has 0 spiro atoms. The number of aromatic nitrogens is 3. The molecule has 118 valence electrons. The number of nitrogens with zero attached hydrogens (tertiary/aromatic N) is 3. The lowest BCUT2D eigenvalue weighted by Crippen LogP contribution is -2.35. The van der Waals surface area contributed by atoms with Crippen LogP contribution < -0.4 is 5.32 Å². The first-order valence-corrected chi connectivity index (χ1v) is 7.06. The van der Waals surface area contributed by atoms with Gasteiger partial charge in [-0.05, 0) is 41.0 Å². The molecule has 21 heavy (non-hydrogen) atoms. The number of hydrogen-bond acceptors (Lipinski definition) is 5. The average Bonchev–Trinajstić information content (AvgIpc) is 2.68. The lowest BCUT2D eigenvalue weighted by Gasteiger charge is -2.18. The van der Waals surface area contributed by atoms with E-state index in [0.717, 1.165) is 6.42 Å². The Bertz CT molecular complexity index is 517. The first-order chi connectivity index (χ1) is 9.64. The molecule has 0 aliphatic rings. The van der Waals surface area contributed by atoms with Crippen molar-refractivity contribution in [1.29, 1.82) is 0 Å². The Morgan fingerprint density at radius 2 is 2.00 bits per heavy atom. The molecule has 0 saturated carbocycles. The molecule has 1 atom stereocenters. The molecule has 0 saturated heterocycles. The maximum absolute atomic E-state index is 12.0. The van der Waals surface area contributed by atoms with Crippen molar-refractivity contribution in [3.63, 3.8) is 0 Å². The smallest absolute Gasteiger partial charge is 0.361 e. The monoisotopic (exact) mass is 296 g/mol. The first kappa shape index (κ1) is 17.1. The second kappa shape index (κ2) is 6.69. The van der Waals surface area contributed by atoms with Crippen molar-refractivity contribution in [2.45, 2.75) is 66.2 Å². The fourth-order valence-electron chi connectivity index (χ4n) is 1.58. The van der Waals surface area contributed by atoms with Crippen molar-refractivity contribution < 1.29 is 14.3 Å². The largest absolute Gasteiger partial charge is 0.455 e. The van der Waals surface area contributed by atoms with Crippen LogP contribution in [0.4, 0.5) is 0 Å². The molecule has 0 aromatic carbocycles. The van der Waals surface area contributed by atoms with Gasteiger partial charge in [0.05, 0.1) is 5.69 Å². The van der Waals surface area contributed by atoms with E-state index in [1.165, 1.54) is 4.68 Å². The summed E-state index contributed by atoms with van der Waals surface area (Å²) in [5.74, 6) is -0.693. The summed E-state index contributed by atoms with van der Waals surface area (Å²) in [6.07, 6.45) is 0.852. The fraction of sp³-hybridized carbons (Fsp3) is 0.714. The van der Waals surface area contributed by atoms with Gasteiger partial charge in [0.25, 0.3) is 0 Å². The maximum Gasteiger partial charge on any atom is 0.361 e. The van der Waals surface area contributed by atoms with Gasteiger partial charge in [0.1, 0.15) is 12.1 Å². The average molecular weight is 296 g/mol. The Morgan fingerprint density at radius 3 is 2.52 bits per heavy atom. The van der Waals surface area contributed by atoms with Crippen molar-refractivity contribution in [3.05, 3.63) is 11.4 Å². The highest BCUT2D eigenvalue weighted by Gasteiger charge is 2.24. The second-order valence-electron chi connectivity index (χ2n) is 6.06. The molecule has 1 amide bonds. The Labute approximate surface area is 125 Å². The molecule has 1 N–H and O–H groups in total. The second-order valence-corrected chi connectivity index (χ2v) is 6.06. The predicted octanol–water partition coefficient (Wildman–Crippen LogP) is 1.46. The molecule has 7 heteroatoms. The Kier molecular flexibility index (Phi) is 5.46. The summed E-state index contributed by atoms with van der Waals surface area (Å²) >= 11 is 0. The fourth-order valence-corrected chi connectivity index (χ4v) is 1.58. The Hall–Kier alpha value is -1.92. The minimum atomic E-state index is -0.596. The van der Waals surface area contributed by atoms with Crippen LogP contribution in [-0.4, -0.2) is 38.5 Å². The van der Waals surface area contributed by atoms with Gasteiger partial charge in [0, 0.05) is 6.04 Å². The summed E-state index contributed by atoms with van der Waals surface area (Å²) in [5.41, 5.74) is 0.0612. The molecular formula is C14H24N4O3. The number of carbonyl (C=O) groups excluding carboxylic acids is 2. The molecule has 0 aliphatic heterocycles. The summed E-state index contributed by atoms with van der Waals surface area (Å²) in [4.78, 5) is 23.8. The van der Waals surface area contributed by atoms with Crippen LogP contribution in [-0.2, 0) is 16.1 Å². The summed E-state index contributed by atoms with van der Waals surface area (Å²) in [6.45, 7) is 11.0. The summed E-state index contributed by atoms with van der Waals surface area (Å²) in [7, 11) is 0. The van der Waals surface area contributed by atoms with Gasteiger partial charge in [-0.2, -0.15) is 0 Å². The van der Waals surface area contributed by atoms with Gasteiger partial charge in [-0.1, -0.05) is 12.1 Å². The van der Waals surface area contributed by atoms with E-state index >= 15 is 0 Å². The highest BCUT2D eigenvalue weighted by atomic mass is 16.6.